The van der Waals surface area contributed by atoms with Gasteiger partial charge in [0.2, 0.25) is 0 Å². The van der Waals surface area contributed by atoms with Gasteiger partial charge in [-0.3, -0.25) is 14.9 Å². The van der Waals surface area contributed by atoms with Crippen LogP contribution < -0.4 is 20.1 Å². The summed E-state index contributed by atoms with van der Waals surface area (Å²) in [6, 6.07) is 3.89. The van der Waals surface area contributed by atoms with Gasteiger partial charge >= 0.3 is 17.3 Å². The molecule has 1 N–H and O–H groups in total. The van der Waals surface area contributed by atoms with Crippen LogP contribution >= 0.6 is 0 Å². The molecule has 0 spiro atoms. The molecular formula is C31H43FN6O7. The number of nitro groups is 1. The third-order valence-electron chi connectivity index (χ3n) is 8.97. The van der Waals surface area contributed by atoms with Gasteiger partial charge in [0.25, 0.3) is 0 Å². The first-order valence-corrected chi connectivity index (χ1v) is 15.4. The van der Waals surface area contributed by atoms with Gasteiger partial charge in [0.05, 0.1) is 31.2 Å². The number of piperazine rings is 1. The molecule has 2 atom stereocenters. The number of pyridine rings is 1. The van der Waals surface area contributed by atoms with E-state index in [-0.39, 0.29) is 56.6 Å². The molecule has 2 fully saturated rings. The number of likely N-dealkylation sites (tertiary alicyclic amines) is 1. The van der Waals surface area contributed by atoms with Crippen molar-refractivity contribution in [2.75, 3.05) is 63.3 Å². The van der Waals surface area contributed by atoms with Crippen LogP contribution in [-0.2, 0) is 24.2 Å². The van der Waals surface area contributed by atoms with Crippen molar-refractivity contribution >= 4 is 23.2 Å². The number of methoxy groups -OCH3 is 1. The molecule has 1 amide bonds. The SMILES string of the molecule is COc1cccc(F)c1N1CCc2c(N3CCN(C(=O)OC(C)(C)C)CC3CO)c([N+](=O)[O-])c(=O)n(CC3CCCN3C)c2C1. The average molecular weight is 631 g/mol. The number of nitrogens with zero attached hydrogens (tertiary/aromatic N) is 6. The maximum Gasteiger partial charge on any atom is 0.410 e. The minimum absolute atomic E-state index is 0.0122. The van der Waals surface area contributed by atoms with Gasteiger partial charge in [-0.2, -0.15) is 0 Å². The molecule has 13 nitrogen and oxygen atoms in total. The van der Waals surface area contributed by atoms with Crippen LogP contribution in [-0.4, -0.2) is 102 Å². The Hall–Kier alpha value is -3.91. The fourth-order valence-electron chi connectivity index (χ4n) is 6.79. The number of carbonyl (C=O) groups excluding carboxylic acids is 1. The fourth-order valence-corrected chi connectivity index (χ4v) is 6.79. The van der Waals surface area contributed by atoms with Gasteiger partial charge in [-0.1, -0.05) is 6.07 Å². The number of hydrogen-bond acceptors (Lipinski definition) is 10. The summed E-state index contributed by atoms with van der Waals surface area (Å²) in [7, 11) is 3.44. The summed E-state index contributed by atoms with van der Waals surface area (Å²) in [5.41, 5.74) is -0.369. The predicted octanol–water partition coefficient (Wildman–Crippen LogP) is 2.98. The molecule has 1 aromatic heterocycles. The zero-order chi connectivity index (χ0) is 32.6. The fraction of sp³-hybridized carbons (Fsp3) is 0.613. The van der Waals surface area contributed by atoms with Crippen molar-refractivity contribution in [1.82, 2.24) is 14.4 Å². The third-order valence-corrected chi connectivity index (χ3v) is 8.97. The number of para-hydroxylation sites is 1. The van der Waals surface area contributed by atoms with Crippen molar-refractivity contribution in [1.29, 1.82) is 0 Å². The molecule has 45 heavy (non-hydrogen) atoms. The van der Waals surface area contributed by atoms with Crippen molar-refractivity contribution < 1.29 is 28.7 Å². The number of benzene rings is 1. The summed E-state index contributed by atoms with van der Waals surface area (Å²) in [6.07, 6.45) is 1.55. The van der Waals surface area contributed by atoms with Crippen LogP contribution in [0.4, 0.5) is 26.2 Å². The first-order chi connectivity index (χ1) is 21.3. The highest BCUT2D eigenvalue weighted by Gasteiger charge is 2.41. The molecule has 14 heteroatoms. The van der Waals surface area contributed by atoms with E-state index in [0.29, 0.717) is 23.6 Å². The van der Waals surface area contributed by atoms with Gasteiger partial charge in [0, 0.05) is 50.0 Å². The smallest absolute Gasteiger partial charge is 0.410 e. The molecule has 2 unspecified atom stereocenters. The normalized spacial score (nSPS) is 20.7. The van der Waals surface area contributed by atoms with E-state index in [2.05, 4.69) is 4.90 Å². The van der Waals surface area contributed by atoms with Gasteiger partial charge in [-0.05, 0) is 65.8 Å². The number of aliphatic hydroxyl groups excluding tert-OH is 1. The molecule has 4 heterocycles. The van der Waals surface area contributed by atoms with Crippen LogP contribution in [0.2, 0.25) is 0 Å². The van der Waals surface area contributed by atoms with Crippen LogP contribution in [0.1, 0.15) is 44.9 Å². The Morgan fingerprint density at radius 1 is 1.16 bits per heavy atom. The summed E-state index contributed by atoms with van der Waals surface area (Å²) in [5.74, 6) is -0.119. The van der Waals surface area contributed by atoms with Crippen molar-refractivity contribution in [2.45, 2.75) is 70.8 Å². The predicted molar refractivity (Wildman–Crippen MR) is 167 cm³/mol. The maximum atomic E-state index is 15.2. The topological polar surface area (TPSA) is 134 Å². The number of carbonyl (C=O) groups is 1. The van der Waals surface area contributed by atoms with Crippen LogP contribution in [0.5, 0.6) is 5.75 Å². The second-order valence-electron chi connectivity index (χ2n) is 13.0. The number of amides is 1. The summed E-state index contributed by atoms with van der Waals surface area (Å²) in [6.45, 7) is 6.85. The quantitative estimate of drug-likeness (QED) is 0.360. The highest BCUT2D eigenvalue weighted by molar-refractivity contribution is 5.73. The number of hydrogen-bond donors (Lipinski definition) is 1. The van der Waals surface area contributed by atoms with E-state index in [1.54, 1.807) is 37.8 Å². The monoisotopic (exact) mass is 630 g/mol. The molecule has 5 rings (SSSR count). The second-order valence-corrected chi connectivity index (χ2v) is 13.0. The number of fused-ring (bicyclic) bond motifs is 1. The lowest BCUT2D eigenvalue weighted by Gasteiger charge is -2.43. The Labute approximate surface area is 261 Å². The molecule has 246 valence electrons. The summed E-state index contributed by atoms with van der Waals surface area (Å²) in [4.78, 5) is 46.3. The minimum atomic E-state index is -0.734. The van der Waals surface area contributed by atoms with Crippen LogP contribution in [0.25, 0.3) is 0 Å². The summed E-state index contributed by atoms with van der Waals surface area (Å²) < 4.78 is 27.7. The van der Waals surface area contributed by atoms with E-state index >= 15 is 4.39 Å². The van der Waals surface area contributed by atoms with Crippen LogP contribution in [0.3, 0.4) is 0 Å². The van der Waals surface area contributed by atoms with E-state index in [0.717, 1.165) is 19.4 Å². The Morgan fingerprint density at radius 2 is 1.91 bits per heavy atom. The van der Waals surface area contributed by atoms with Gasteiger partial charge < -0.3 is 38.7 Å². The molecule has 0 bridgehead atoms. The maximum absolute atomic E-state index is 15.2. The van der Waals surface area contributed by atoms with Crippen molar-refractivity contribution in [3.8, 4) is 5.75 Å². The molecule has 0 radical (unpaired) electrons. The lowest BCUT2D eigenvalue weighted by Crippen LogP contribution is -2.58. The Balaban J connectivity index is 1.62. The van der Waals surface area contributed by atoms with E-state index < -0.39 is 46.3 Å². The molecule has 2 aromatic rings. The first kappa shape index (κ1) is 32.5. The molecule has 3 aliphatic heterocycles. The minimum Gasteiger partial charge on any atom is -0.494 e. The molecule has 0 saturated carbocycles. The lowest BCUT2D eigenvalue weighted by atomic mass is 9.97. The van der Waals surface area contributed by atoms with Crippen molar-refractivity contribution in [3.63, 3.8) is 0 Å². The molecule has 3 aliphatic rings. The number of ether oxygens (including phenoxy) is 2. The van der Waals surface area contributed by atoms with Gasteiger partial charge in [-0.25, -0.2) is 9.18 Å². The van der Waals surface area contributed by atoms with E-state index in [9.17, 15) is 24.8 Å². The van der Waals surface area contributed by atoms with Crippen LogP contribution in [0.15, 0.2) is 23.0 Å². The zero-order valence-electron chi connectivity index (χ0n) is 26.6. The molecule has 1 aromatic carbocycles. The van der Waals surface area contributed by atoms with Gasteiger partial charge in [0.15, 0.2) is 0 Å². The Morgan fingerprint density at radius 3 is 2.53 bits per heavy atom. The number of aliphatic hydroxyl groups is 1. The Kier molecular flexibility index (Phi) is 9.26. The zero-order valence-corrected chi connectivity index (χ0v) is 26.6. The third kappa shape index (κ3) is 6.43. The largest absolute Gasteiger partial charge is 0.494 e. The summed E-state index contributed by atoms with van der Waals surface area (Å²) >= 11 is 0. The van der Waals surface area contributed by atoms with E-state index in [4.69, 9.17) is 9.47 Å². The first-order valence-electron chi connectivity index (χ1n) is 15.4. The van der Waals surface area contributed by atoms with Gasteiger partial charge in [0.1, 0.15) is 28.5 Å². The van der Waals surface area contributed by atoms with E-state index in [1.165, 1.54) is 22.6 Å². The van der Waals surface area contributed by atoms with Gasteiger partial charge in [-0.15, -0.1) is 0 Å². The number of halogens is 1. The van der Waals surface area contributed by atoms with Crippen LogP contribution in [0, 0.1) is 15.9 Å². The van der Waals surface area contributed by atoms with Crippen molar-refractivity contribution in [3.05, 3.63) is 55.7 Å². The number of likely N-dealkylation sites (N-methyl/N-ethyl adjacent to an activating group) is 1. The van der Waals surface area contributed by atoms with E-state index in [1.807, 2.05) is 11.9 Å². The van der Waals surface area contributed by atoms with Crippen molar-refractivity contribution in [2.24, 2.45) is 0 Å². The number of aromatic nitrogens is 1. The summed E-state index contributed by atoms with van der Waals surface area (Å²) in [5, 5.41) is 23.2. The standard InChI is InChI=1S/C31H43FN6O7/c1-31(2,3)45-30(41)35-14-15-36(21(16-35)19-39)26-22-11-13-34(27-23(32)9-6-10-25(27)44-5)18-24(22)37(29(40)28(26)38(42)43)17-20-8-7-12-33(20)4/h6,9-10,20-21,39H,7-8,11-19H2,1-5H3. The number of anilines is 2. The highest BCUT2D eigenvalue weighted by atomic mass is 19.1. The number of rotatable bonds is 7. The lowest BCUT2D eigenvalue weighted by molar-refractivity contribution is -0.385. The highest BCUT2D eigenvalue weighted by Crippen LogP contribution is 2.40. The molecular weight excluding hydrogens is 587 g/mol. The molecule has 2 saturated heterocycles. The molecule has 0 aliphatic carbocycles. The Bertz CT molecular complexity index is 1510. The average Bonchev–Trinajstić information content (AvgIpc) is 3.40. The second kappa shape index (κ2) is 12.8.